The van der Waals surface area contributed by atoms with Gasteiger partial charge in [-0.25, -0.2) is 4.79 Å². The van der Waals surface area contributed by atoms with E-state index in [4.69, 9.17) is 0 Å². The first-order valence-electron chi connectivity index (χ1n) is 9.66. The Morgan fingerprint density at radius 1 is 1.21 bits per heavy atom. The summed E-state index contributed by atoms with van der Waals surface area (Å²) in [6.45, 7) is 3.65. The van der Waals surface area contributed by atoms with Crippen LogP contribution in [0.3, 0.4) is 0 Å². The molecule has 2 aliphatic heterocycles. The maximum absolute atomic E-state index is 13.0. The lowest BCUT2D eigenvalue weighted by Crippen LogP contribution is -2.72. The molecule has 2 aromatic rings. The van der Waals surface area contributed by atoms with E-state index in [-0.39, 0.29) is 31.2 Å². The summed E-state index contributed by atoms with van der Waals surface area (Å²) in [5.74, 6) is 0. The quantitative estimate of drug-likeness (QED) is 0.830. The molecule has 1 aromatic heterocycles. The molecule has 2 saturated heterocycles. The summed E-state index contributed by atoms with van der Waals surface area (Å²) in [5, 5.41) is 2.90. The molecule has 3 heterocycles. The maximum atomic E-state index is 13.0. The second-order valence-corrected chi connectivity index (χ2v) is 7.80. The van der Waals surface area contributed by atoms with Crippen LogP contribution in [0.5, 0.6) is 0 Å². The monoisotopic (exact) mass is 404 g/mol. The number of nitrogens with zero attached hydrogens (tertiary/aromatic N) is 3. The van der Waals surface area contributed by atoms with Gasteiger partial charge in [0.1, 0.15) is 6.04 Å². The fraction of sp³-hybridized carbons (Fsp3) is 0.429. The summed E-state index contributed by atoms with van der Waals surface area (Å²) in [7, 11) is 0. The predicted octanol–water partition coefficient (Wildman–Crippen LogP) is 4.30. The highest BCUT2D eigenvalue weighted by molar-refractivity contribution is 5.91. The van der Waals surface area contributed by atoms with E-state index >= 15 is 0 Å². The fourth-order valence-electron chi connectivity index (χ4n) is 4.18. The summed E-state index contributed by atoms with van der Waals surface area (Å²) in [6.07, 6.45) is -1.78. The van der Waals surface area contributed by atoms with E-state index in [9.17, 15) is 18.0 Å². The number of piperazine rings is 1. The number of amides is 2. The van der Waals surface area contributed by atoms with Crippen LogP contribution in [0.4, 0.5) is 23.7 Å². The van der Waals surface area contributed by atoms with Crippen molar-refractivity contribution in [1.29, 1.82) is 0 Å². The molecule has 3 unspecified atom stereocenters. The molecule has 2 bridgehead atoms. The van der Waals surface area contributed by atoms with Crippen molar-refractivity contribution in [2.75, 3.05) is 18.4 Å². The van der Waals surface area contributed by atoms with Gasteiger partial charge in [-0.1, -0.05) is 12.1 Å². The third-order valence-corrected chi connectivity index (χ3v) is 5.91. The minimum Gasteiger partial charge on any atom is -0.316 e. The Labute approximate surface area is 167 Å². The van der Waals surface area contributed by atoms with Crippen molar-refractivity contribution in [3.63, 3.8) is 0 Å². The zero-order valence-electron chi connectivity index (χ0n) is 16.3. The molecule has 29 heavy (non-hydrogen) atoms. The number of pyridine rings is 1. The lowest BCUT2D eigenvalue weighted by molar-refractivity contribution is -0.194. The normalized spacial score (nSPS) is 22.7. The van der Waals surface area contributed by atoms with Crippen LogP contribution in [0.25, 0.3) is 11.3 Å². The molecule has 8 heteroatoms. The maximum Gasteiger partial charge on any atom is 0.403 e. The van der Waals surface area contributed by atoms with Crippen molar-refractivity contribution < 1.29 is 18.0 Å². The molecule has 2 amide bonds. The smallest absolute Gasteiger partial charge is 0.316 e. The molecule has 154 valence electrons. The zero-order chi connectivity index (χ0) is 20.8. The predicted molar refractivity (Wildman–Crippen MR) is 105 cm³/mol. The molecule has 2 fully saturated rings. The SMILES string of the molecule is Cc1ccc(NC(=O)N2C3CC2CN(C(C)C(F)(F)F)C3)cc1-c1ccccn1. The third kappa shape index (κ3) is 3.81. The van der Waals surface area contributed by atoms with Gasteiger partial charge in [0.15, 0.2) is 0 Å². The number of halogens is 3. The highest BCUT2D eigenvalue weighted by Crippen LogP contribution is 2.36. The first-order valence-corrected chi connectivity index (χ1v) is 9.66. The molecular formula is C21H23F3N4O. The average molecular weight is 404 g/mol. The van der Waals surface area contributed by atoms with Gasteiger partial charge in [-0.2, -0.15) is 13.2 Å². The fourth-order valence-corrected chi connectivity index (χ4v) is 4.18. The van der Waals surface area contributed by atoms with Gasteiger partial charge in [0.25, 0.3) is 0 Å². The highest BCUT2D eigenvalue weighted by Gasteiger charge is 2.51. The summed E-state index contributed by atoms with van der Waals surface area (Å²) < 4.78 is 39.0. The van der Waals surface area contributed by atoms with Crippen LogP contribution in [-0.2, 0) is 0 Å². The number of alkyl halides is 3. The molecule has 0 aliphatic carbocycles. The number of hydrogen-bond donors (Lipinski definition) is 1. The lowest BCUT2D eigenvalue weighted by atomic mass is 9.87. The van der Waals surface area contributed by atoms with E-state index in [0.717, 1.165) is 23.2 Å². The Morgan fingerprint density at radius 3 is 2.55 bits per heavy atom. The number of carbonyl (C=O) groups excluding carboxylic acids is 1. The minimum absolute atomic E-state index is 0.181. The number of urea groups is 1. The van der Waals surface area contributed by atoms with Gasteiger partial charge in [0.05, 0.1) is 5.69 Å². The van der Waals surface area contributed by atoms with Crippen molar-refractivity contribution >= 4 is 11.7 Å². The molecule has 3 atom stereocenters. The van der Waals surface area contributed by atoms with E-state index in [1.165, 1.54) is 11.8 Å². The molecule has 0 saturated carbocycles. The lowest BCUT2D eigenvalue weighted by Gasteiger charge is -2.57. The Hall–Kier alpha value is -2.61. The van der Waals surface area contributed by atoms with E-state index in [0.29, 0.717) is 5.69 Å². The Balaban J connectivity index is 1.44. The Bertz CT molecular complexity index is 891. The van der Waals surface area contributed by atoms with Crippen molar-refractivity contribution in [1.82, 2.24) is 14.8 Å². The third-order valence-electron chi connectivity index (χ3n) is 5.91. The molecular weight excluding hydrogens is 381 g/mol. The highest BCUT2D eigenvalue weighted by atomic mass is 19.4. The Kier molecular flexibility index (Phi) is 4.98. The number of rotatable bonds is 3. The number of likely N-dealkylation sites (tertiary alicyclic amines) is 2. The van der Waals surface area contributed by atoms with Gasteiger partial charge < -0.3 is 10.2 Å². The van der Waals surface area contributed by atoms with E-state index in [1.54, 1.807) is 11.1 Å². The number of carbonyl (C=O) groups is 1. The second-order valence-electron chi connectivity index (χ2n) is 7.80. The topological polar surface area (TPSA) is 48.5 Å². The van der Waals surface area contributed by atoms with Gasteiger partial charge >= 0.3 is 12.2 Å². The van der Waals surface area contributed by atoms with E-state index in [1.807, 2.05) is 43.3 Å². The number of piperidine rings is 1. The zero-order valence-corrected chi connectivity index (χ0v) is 16.3. The van der Waals surface area contributed by atoms with E-state index in [2.05, 4.69) is 10.3 Å². The first kappa shape index (κ1) is 19.7. The second kappa shape index (κ2) is 7.33. The van der Waals surface area contributed by atoms with Crippen molar-refractivity contribution in [3.8, 4) is 11.3 Å². The number of aryl methyl sites for hydroxylation is 1. The van der Waals surface area contributed by atoms with Crippen LogP contribution >= 0.6 is 0 Å². The van der Waals surface area contributed by atoms with Gasteiger partial charge in [0.2, 0.25) is 0 Å². The molecule has 1 aromatic carbocycles. The van der Waals surface area contributed by atoms with Gasteiger partial charge in [-0.15, -0.1) is 0 Å². The van der Waals surface area contributed by atoms with Crippen LogP contribution in [-0.4, -0.2) is 58.2 Å². The van der Waals surface area contributed by atoms with Gasteiger partial charge in [-0.3, -0.25) is 9.88 Å². The molecule has 4 rings (SSSR count). The van der Waals surface area contributed by atoms with Crippen LogP contribution in [0.2, 0.25) is 0 Å². The molecule has 0 spiro atoms. The summed E-state index contributed by atoms with van der Waals surface area (Å²) in [5.41, 5.74) is 3.43. The number of fused-ring (bicyclic) bond motifs is 2. The van der Waals surface area contributed by atoms with Crippen molar-refractivity contribution in [2.24, 2.45) is 0 Å². The Morgan fingerprint density at radius 2 is 1.93 bits per heavy atom. The van der Waals surface area contributed by atoms with Gasteiger partial charge in [0, 0.05) is 42.6 Å². The number of anilines is 1. The van der Waals surface area contributed by atoms with Crippen molar-refractivity contribution in [3.05, 3.63) is 48.2 Å². The van der Waals surface area contributed by atoms with Crippen LogP contribution in [0, 0.1) is 6.92 Å². The summed E-state index contributed by atoms with van der Waals surface area (Å²) in [6, 6.07) is 9.16. The van der Waals surface area contributed by atoms with Crippen LogP contribution in [0.1, 0.15) is 18.9 Å². The average Bonchev–Trinajstić information content (AvgIpc) is 2.68. The molecule has 1 N–H and O–H groups in total. The van der Waals surface area contributed by atoms with Crippen molar-refractivity contribution in [2.45, 2.75) is 44.6 Å². The number of nitrogens with one attached hydrogen (secondary N) is 1. The van der Waals surface area contributed by atoms with E-state index < -0.39 is 12.2 Å². The number of benzene rings is 1. The number of hydrogen-bond acceptors (Lipinski definition) is 3. The minimum atomic E-state index is -4.25. The van der Waals surface area contributed by atoms with Crippen LogP contribution in [0.15, 0.2) is 42.6 Å². The standard InChI is InChI=1S/C21H23F3N4O/c1-13-6-7-15(9-18(13)19-5-3-4-8-25-19)26-20(29)28-16-10-17(28)12-27(11-16)14(2)21(22,23)24/h3-9,14,16-17H,10-12H2,1-2H3,(H,26,29). The summed E-state index contributed by atoms with van der Waals surface area (Å²) >= 11 is 0. The van der Waals surface area contributed by atoms with Gasteiger partial charge in [-0.05, 0) is 50.1 Å². The molecule has 5 nitrogen and oxygen atoms in total. The largest absolute Gasteiger partial charge is 0.403 e. The van der Waals surface area contributed by atoms with Crippen LogP contribution < -0.4 is 5.32 Å². The molecule has 0 radical (unpaired) electrons. The number of aromatic nitrogens is 1. The first-order chi connectivity index (χ1) is 13.7. The molecule has 2 aliphatic rings. The summed E-state index contributed by atoms with van der Waals surface area (Å²) in [4.78, 5) is 20.2.